The van der Waals surface area contributed by atoms with Crippen molar-refractivity contribution in [2.24, 2.45) is 7.05 Å². The summed E-state index contributed by atoms with van der Waals surface area (Å²) in [7, 11) is 1.83. The van der Waals surface area contributed by atoms with Crippen LogP contribution < -0.4 is 16.0 Å². The predicted octanol–water partition coefficient (Wildman–Crippen LogP) is 5.20. The summed E-state index contributed by atoms with van der Waals surface area (Å²) in [6.07, 6.45) is 2.00. The first-order valence-corrected chi connectivity index (χ1v) is 12.2. The number of aryl methyl sites for hydroxylation is 1. The summed E-state index contributed by atoms with van der Waals surface area (Å²) in [5, 5.41) is 22.2. The van der Waals surface area contributed by atoms with Gasteiger partial charge in [0.2, 0.25) is 5.91 Å². The number of benzene rings is 3. The van der Waals surface area contributed by atoms with E-state index < -0.39 is 11.6 Å². The fraction of sp³-hybridized carbons (Fsp3) is 0.207. The third kappa shape index (κ3) is 5.98. The highest BCUT2D eigenvalue weighted by atomic mass is 16.4. The summed E-state index contributed by atoms with van der Waals surface area (Å²) in [5.41, 5.74) is 2.92. The van der Waals surface area contributed by atoms with E-state index in [0.717, 1.165) is 16.7 Å². The minimum absolute atomic E-state index is 0.156. The number of aromatic nitrogens is 2. The van der Waals surface area contributed by atoms with Gasteiger partial charge in [0.15, 0.2) is 0 Å². The molecular weight excluding hydrogens is 466 g/mol. The van der Waals surface area contributed by atoms with E-state index >= 15 is 0 Å². The number of hydrogen-bond acceptors (Lipinski definition) is 4. The van der Waals surface area contributed by atoms with E-state index in [0.29, 0.717) is 30.9 Å². The van der Waals surface area contributed by atoms with Crippen LogP contribution in [0.1, 0.15) is 36.0 Å². The summed E-state index contributed by atoms with van der Waals surface area (Å²) in [4.78, 5) is 23.3. The highest BCUT2D eigenvalue weighted by molar-refractivity contribution is 5.93. The van der Waals surface area contributed by atoms with Crippen LogP contribution >= 0.6 is 0 Å². The molecule has 0 atom stereocenters. The number of carbonyl (C=O) groups is 2. The SMILES string of the molecule is Cn1ncc(NC(=O)CCCCNC(=O)O)c1NC(c1ccccc1)(c1ccccc1)c1ccccc1. The molecule has 0 spiro atoms. The molecule has 0 saturated carbocycles. The molecule has 2 amide bonds. The molecule has 190 valence electrons. The Morgan fingerprint density at radius 1 is 0.838 bits per heavy atom. The molecule has 1 aromatic heterocycles. The first-order valence-electron chi connectivity index (χ1n) is 12.2. The van der Waals surface area contributed by atoms with Gasteiger partial charge in [-0.25, -0.2) is 4.79 Å². The Morgan fingerprint density at radius 3 is 1.84 bits per heavy atom. The van der Waals surface area contributed by atoms with Gasteiger partial charge in [-0.15, -0.1) is 0 Å². The molecule has 4 N–H and O–H groups in total. The number of anilines is 2. The highest BCUT2D eigenvalue weighted by Crippen LogP contribution is 2.41. The van der Waals surface area contributed by atoms with E-state index in [2.05, 4.69) is 57.4 Å². The van der Waals surface area contributed by atoms with Crippen LogP contribution in [0.4, 0.5) is 16.3 Å². The Hall–Kier alpha value is -4.59. The van der Waals surface area contributed by atoms with E-state index in [1.54, 1.807) is 10.9 Å². The van der Waals surface area contributed by atoms with Crippen LogP contribution in [0.2, 0.25) is 0 Å². The largest absolute Gasteiger partial charge is 0.465 e. The van der Waals surface area contributed by atoms with E-state index in [9.17, 15) is 9.59 Å². The van der Waals surface area contributed by atoms with Gasteiger partial charge in [-0.1, -0.05) is 91.0 Å². The molecule has 37 heavy (non-hydrogen) atoms. The second-order valence-corrected chi connectivity index (χ2v) is 8.74. The minimum Gasteiger partial charge on any atom is -0.465 e. The van der Waals surface area contributed by atoms with Crippen LogP contribution in [0.5, 0.6) is 0 Å². The van der Waals surface area contributed by atoms with E-state index in [4.69, 9.17) is 5.11 Å². The molecule has 0 aliphatic carbocycles. The summed E-state index contributed by atoms with van der Waals surface area (Å²) in [6, 6.07) is 30.6. The molecule has 8 nitrogen and oxygen atoms in total. The zero-order valence-corrected chi connectivity index (χ0v) is 20.7. The van der Waals surface area contributed by atoms with Gasteiger partial charge in [-0.3, -0.25) is 9.48 Å². The fourth-order valence-corrected chi connectivity index (χ4v) is 4.45. The Kier molecular flexibility index (Phi) is 8.20. The average molecular weight is 498 g/mol. The molecule has 4 aromatic rings. The first kappa shape index (κ1) is 25.5. The number of carbonyl (C=O) groups excluding carboxylic acids is 1. The van der Waals surface area contributed by atoms with Gasteiger partial charge in [-0.2, -0.15) is 5.10 Å². The normalized spacial score (nSPS) is 11.1. The monoisotopic (exact) mass is 497 g/mol. The molecule has 0 bridgehead atoms. The zero-order valence-electron chi connectivity index (χ0n) is 20.7. The van der Waals surface area contributed by atoms with E-state index in [1.165, 1.54) is 0 Å². The van der Waals surface area contributed by atoms with Crippen LogP contribution in [-0.2, 0) is 17.4 Å². The van der Waals surface area contributed by atoms with Gasteiger partial charge in [0.25, 0.3) is 0 Å². The molecular formula is C29H31N5O3. The molecule has 0 aliphatic heterocycles. The van der Waals surface area contributed by atoms with Crippen molar-refractivity contribution in [1.29, 1.82) is 0 Å². The van der Waals surface area contributed by atoms with Crippen LogP contribution in [0.15, 0.2) is 97.2 Å². The highest BCUT2D eigenvalue weighted by Gasteiger charge is 2.37. The van der Waals surface area contributed by atoms with E-state index in [-0.39, 0.29) is 12.3 Å². The third-order valence-electron chi connectivity index (χ3n) is 6.25. The number of carboxylic acid groups (broad SMARTS) is 1. The van der Waals surface area contributed by atoms with Crippen LogP contribution in [-0.4, -0.2) is 33.4 Å². The number of nitrogens with zero attached hydrogens (tertiary/aromatic N) is 2. The van der Waals surface area contributed by atoms with Gasteiger partial charge >= 0.3 is 6.09 Å². The Morgan fingerprint density at radius 2 is 1.35 bits per heavy atom. The Labute approximate surface area is 216 Å². The lowest BCUT2D eigenvalue weighted by atomic mass is 9.77. The maximum atomic E-state index is 12.7. The van der Waals surface area contributed by atoms with Crippen molar-refractivity contribution >= 4 is 23.5 Å². The number of nitrogens with one attached hydrogen (secondary N) is 3. The second kappa shape index (κ2) is 11.9. The molecule has 0 fully saturated rings. The smallest absolute Gasteiger partial charge is 0.404 e. The standard InChI is InChI=1S/C29H31N5O3/c1-34-27(25(21-31-34)32-26(35)19-11-12-20-30-28(36)37)33-29(22-13-5-2-6-14-22,23-15-7-3-8-16-23)24-17-9-4-10-18-24/h2-10,13-18,21,30,33H,11-12,19-20H2,1H3,(H,32,35)(H,36,37). The quantitative estimate of drug-likeness (QED) is 0.168. The molecule has 0 aliphatic rings. The first-order chi connectivity index (χ1) is 18.0. The molecule has 0 radical (unpaired) electrons. The lowest BCUT2D eigenvalue weighted by Crippen LogP contribution is -2.39. The lowest BCUT2D eigenvalue weighted by Gasteiger charge is -2.38. The molecule has 0 saturated heterocycles. The van der Waals surface area contributed by atoms with Crippen molar-refractivity contribution in [1.82, 2.24) is 15.1 Å². The predicted molar refractivity (Wildman–Crippen MR) is 145 cm³/mol. The second-order valence-electron chi connectivity index (χ2n) is 8.74. The molecule has 4 rings (SSSR count). The van der Waals surface area contributed by atoms with Crippen LogP contribution in [0, 0.1) is 0 Å². The van der Waals surface area contributed by atoms with Crippen molar-refractivity contribution < 1.29 is 14.7 Å². The van der Waals surface area contributed by atoms with Gasteiger partial charge < -0.3 is 21.1 Å². The van der Waals surface area contributed by atoms with Crippen molar-refractivity contribution in [3.05, 3.63) is 114 Å². The van der Waals surface area contributed by atoms with Gasteiger partial charge in [0.1, 0.15) is 17.0 Å². The van der Waals surface area contributed by atoms with Gasteiger partial charge in [0.05, 0.1) is 6.20 Å². The molecule has 1 heterocycles. The maximum absolute atomic E-state index is 12.7. The van der Waals surface area contributed by atoms with Crippen molar-refractivity contribution in [2.45, 2.75) is 24.8 Å². The summed E-state index contributed by atoms with van der Waals surface area (Å²) in [6.45, 7) is 0.316. The Bertz CT molecular complexity index is 1210. The van der Waals surface area contributed by atoms with E-state index in [1.807, 2.05) is 61.6 Å². The van der Waals surface area contributed by atoms with Gasteiger partial charge in [-0.05, 0) is 29.5 Å². The Balaban J connectivity index is 1.68. The number of unbranched alkanes of at least 4 members (excludes halogenated alkanes) is 1. The molecule has 3 aromatic carbocycles. The topological polar surface area (TPSA) is 108 Å². The van der Waals surface area contributed by atoms with Crippen molar-refractivity contribution in [3.8, 4) is 0 Å². The van der Waals surface area contributed by atoms with Crippen LogP contribution in [0.25, 0.3) is 0 Å². The minimum atomic E-state index is -1.06. The fourth-order valence-electron chi connectivity index (χ4n) is 4.45. The molecule has 0 unspecified atom stereocenters. The molecule has 8 heteroatoms. The van der Waals surface area contributed by atoms with Crippen molar-refractivity contribution in [2.75, 3.05) is 17.2 Å². The summed E-state index contributed by atoms with van der Waals surface area (Å²) >= 11 is 0. The number of hydrogen-bond donors (Lipinski definition) is 4. The average Bonchev–Trinajstić information content (AvgIpc) is 3.26. The maximum Gasteiger partial charge on any atom is 0.404 e. The van der Waals surface area contributed by atoms with Crippen molar-refractivity contribution in [3.63, 3.8) is 0 Å². The summed E-state index contributed by atoms with van der Waals surface area (Å²) in [5.74, 6) is 0.508. The zero-order chi connectivity index (χ0) is 26.1. The third-order valence-corrected chi connectivity index (χ3v) is 6.25. The number of rotatable bonds is 11. The summed E-state index contributed by atoms with van der Waals surface area (Å²) < 4.78 is 1.72. The lowest BCUT2D eigenvalue weighted by molar-refractivity contribution is -0.116. The van der Waals surface area contributed by atoms with Crippen LogP contribution in [0.3, 0.4) is 0 Å². The van der Waals surface area contributed by atoms with Gasteiger partial charge in [0, 0.05) is 20.0 Å². The number of amides is 2.